The van der Waals surface area contributed by atoms with Crippen molar-refractivity contribution in [2.24, 2.45) is 5.92 Å². The van der Waals surface area contributed by atoms with Gasteiger partial charge < -0.3 is 4.84 Å². The van der Waals surface area contributed by atoms with Crippen LogP contribution in [0.15, 0.2) is 0 Å². The van der Waals surface area contributed by atoms with Gasteiger partial charge in [-0.05, 0) is 12.3 Å². The van der Waals surface area contributed by atoms with Gasteiger partial charge in [-0.3, -0.25) is 14.1 Å². The monoisotopic (exact) mass is 431 g/mol. The highest BCUT2D eigenvalue weighted by molar-refractivity contribution is 7.87. The van der Waals surface area contributed by atoms with Crippen LogP contribution in [0.25, 0.3) is 0 Å². The summed E-state index contributed by atoms with van der Waals surface area (Å²) in [7, 11) is -4.70. The standard InChI is InChI=1S/C20H33NO7S/c22-18-15-17(29(25,26)27)20(24)21(18)28-19(23)14-10-6-5-9-13-16-11-7-3-1-2-4-8-12-16/h16-17H,1-15H2,(H,25,26,27). The van der Waals surface area contributed by atoms with Gasteiger partial charge in [0.1, 0.15) is 0 Å². The Kier molecular flexibility index (Phi) is 9.55. The van der Waals surface area contributed by atoms with E-state index in [-0.39, 0.29) is 11.5 Å². The number of carbonyl (C=O) groups excluding carboxylic acids is 3. The lowest BCUT2D eigenvalue weighted by Crippen LogP contribution is -2.36. The predicted molar refractivity (Wildman–Crippen MR) is 106 cm³/mol. The predicted octanol–water partition coefficient (Wildman–Crippen LogP) is 3.55. The van der Waals surface area contributed by atoms with Crippen LogP contribution < -0.4 is 0 Å². The molecule has 0 aromatic carbocycles. The second-order valence-electron chi connectivity index (χ2n) is 8.21. The summed E-state index contributed by atoms with van der Waals surface area (Å²) in [4.78, 5) is 40.1. The van der Waals surface area contributed by atoms with E-state index in [1.54, 1.807) is 0 Å². The van der Waals surface area contributed by atoms with Crippen molar-refractivity contribution in [1.82, 2.24) is 5.06 Å². The van der Waals surface area contributed by atoms with Gasteiger partial charge in [0.25, 0.3) is 21.9 Å². The quantitative estimate of drug-likeness (QED) is 0.337. The summed E-state index contributed by atoms with van der Waals surface area (Å²) in [6, 6.07) is 0. The summed E-state index contributed by atoms with van der Waals surface area (Å²) >= 11 is 0. The van der Waals surface area contributed by atoms with Crippen LogP contribution >= 0.6 is 0 Å². The van der Waals surface area contributed by atoms with Crippen molar-refractivity contribution < 1.29 is 32.2 Å². The third-order valence-electron chi connectivity index (χ3n) is 5.83. The van der Waals surface area contributed by atoms with Gasteiger partial charge in [-0.2, -0.15) is 8.42 Å². The van der Waals surface area contributed by atoms with Crippen LogP contribution in [0.3, 0.4) is 0 Å². The molecular weight excluding hydrogens is 398 g/mol. The van der Waals surface area contributed by atoms with Crippen LogP contribution in [-0.4, -0.2) is 41.1 Å². The average Bonchev–Trinajstić information content (AvgIpc) is 3.01. The number of carbonyl (C=O) groups is 3. The molecule has 1 aliphatic carbocycles. The van der Waals surface area contributed by atoms with Crippen molar-refractivity contribution in [3.8, 4) is 0 Å². The molecule has 0 bridgehead atoms. The van der Waals surface area contributed by atoms with Gasteiger partial charge in [0.2, 0.25) is 0 Å². The summed E-state index contributed by atoms with van der Waals surface area (Å²) < 4.78 is 31.1. The molecular formula is C20H33NO7S. The van der Waals surface area contributed by atoms with E-state index in [1.165, 1.54) is 57.8 Å². The van der Waals surface area contributed by atoms with E-state index in [1.807, 2.05) is 0 Å². The van der Waals surface area contributed by atoms with E-state index in [0.717, 1.165) is 25.2 Å². The topological polar surface area (TPSA) is 118 Å². The van der Waals surface area contributed by atoms with Crippen molar-refractivity contribution in [1.29, 1.82) is 0 Å². The smallest absolute Gasteiger partial charge is 0.330 e. The maximum atomic E-state index is 11.8. The minimum Gasteiger partial charge on any atom is -0.330 e. The zero-order chi connectivity index (χ0) is 21.3. The number of hydrogen-bond donors (Lipinski definition) is 1. The number of hydrogen-bond acceptors (Lipinski definition) is 6. The zero-order valence-corrected chi connectivity index (χ0v) is 17.8. The molecule has 166 valence electrons. The minimum absolute atomic E-state index is 0.0526. The Hall–Kier alpha value is -1.48. The Morgan fingerprint density at radius 1 is 0.966 bits per heavy atom. The maximum absolute atomic E-state index is 11.8. The van der Waals surface area contributed by atoms with Crippen LogP contribution in [-0.2, 0) is 29.3 Å². The Morgan fingerprint density at radius 2 is 1.55 bits per heavy atom. The molecule has 29 heavy (non-hydrogen) atoms. The molecule has 1 N–H and O–H groups in total. The summed E-state index contributed by atoms with van der Waals surface area (Å²) in [6.07, 6.45) is 14.9. The van der Waals surface area contributed by atoms with Gasteiger partial charge in [0.15, 0.2) is 5.25 Å². The van der Waals surface area contributed by atoms with Crippen LogP contribution in [0.1, 0.15) is 96.3 Å². The largest absolute Gasteiger partial charge is 0.333 e. The van der Waals surface area contributed by atoms with Gasteiger partial charge in [-0.15, -0.1) is 5.06 Å². The minimum atomic E-state index is -4.70. The number of amides is 2. The van der Waals surface area contributed by atoms with Crippen molar-refractivity contribution in [2.45, 2.75) is 102 Å². The fraction of sp³-hybridized carbons (Fsp3) is 0.850. The Labute approximate surface area is 173 Å². The first-order valence-corrected chi connectivity index (χ1v) is 12.3. The molecule has 0 spiro atoms. The number of rotatable bonds is 9. The van der Waals surface area contributed by atoms with Crippen molar-refractivity contribution in [3.63, 3.8) is 0 Å². The molecule has 2 fully saturated rings. The molecule has 1 unspecified atom stereocenters. The summed E-state index contributed by atoms with van der Waals surface area (Å²) in [5.41, 5.74) is 0. The van der Waals surface area contributed by atoms with Crippen LogP contribution in [0.4, 0.5) is 0 Å². The molecule has 1 saturated carbocycles. The Balaban J connectivity index is 1.60. The molecule has 2 aliphatic rings. The lowest BCUT2D eigenvalue weighted by molar-refractivity contribution is -0.197. The highest BCUT2D eigenvalue weighted by atomic mass is 32.2. The molecule has 9 heteroatoms. The summed E-state index contributed by atoms with van der Waals surface area (Å²) in [5.74, 6) is -2.10. The fourth-order valence-corrected chi connectivity index (χ4v) is 4.82. The van der Waals surface area contributed by atoms with E-state index >= 15 is 0 Å². The second kappa shape index (κ2) is 11.6. The van der Waals surface area contributed by atoms with Gasteiger partial charge in [-0.1, -0.05) is 77.0 Å². The van der Waals surface area contributed by atoms with Gasteiger partial charge in [0, 0.05) is 6.42 Å². The molecule has 0 radical (unpaired) electrons. The summed E-state index contributed by atoms with van der Waals surface area (Å²) in [5, 5.41) is -1.72. The second-order valence-corrected chi connectivity index (χ2v) is 9.81. The average molecular weight is 432 g/mol. The van der Waals surface area contributed by atoms with Crippen LogP contribution in [0.5, 0.6) is 0 Å². The van der Waals surface area contributed by atoms with Crippen molar-refractivity contribution in [2.75, 3.05) is 0 Å². The molecule has 1 aliphatic heterocycles. The molecule has 1 heterocycles. The number of unbranched alkanes of at least 4 members (excludes halogenated alkanes) is 3. The van der Waals surface area contributed by atoms with Crippen LogP contribution in [0.2, 0.25) is 0 Å². The molecule has 8 nitrogen and oxygen atoms in total. The zero-order valence-electron chi connectivity index (χ0n) is 17.0. The highest BCUT2D eigenvalue weighted by Crippen LogP contribution is 2.26. The first-order valence-electron chi connectivity index (χ1n) is 10.8. The van der Waals surface area contributed by atoms with Gasteiger partial charge in [-0.25, -0.2) is 4.79 Å². The van der Waals surface area contributed by atoms with E-state index in [0.29, 0.717) is 6.42 Å². The molecule has 2 amide bonds. The van der Waals surface area contributed by atoms with E-state index < -0.39 is 39.6 Å². The lowest BCUT2D eigenvalue weighted by atomic mass is 9.91. The number of nitrogens with zero attached hydrogens (tertiary/aromatic N) is 1. The maximum Gasteiger partial charge on any atom is 0.333 e. The Bertz CT molecular complexity index is 666. The molecule has 1 saturated heterocycles. The Morgan fingerprint density at radius 3 is 2.14 bits per heavy atom. The summed E-state index contributed by atoms with van der Waals surface area (Å²) in [6.45, 7) is 0. The third-order valence-corrected chi connectivity index (χ3v) is 6.92. The third kappa shape index (κ3) is 8.04. The van der Waals surface area contributed by atoms with Crippen molar-refractivity contribution in [3.05, 3.63) is 0 Å². The SMILES string of the molecule is O=C(CCCCCCC1CCCCCCCC1)ON1C(=O)CC(S(=O)(=O)O)C1=O. The van der Waals surface area contributed by atoms with E-state index in [9.17, 15) is 22.8 Å². The van der Waals surface area contributed by atoms with Crippen LogP contribution in [0, 0.1) is 5.92 Å². The first-order chi connectivity index (χ1) is 13.8. The molecule has 1 atom stereocenters. The first kappa shape index (κ1) is 23.8. The van der Waals surface area contributed by atoms with Gasteiger partial charge >= 0.3 is 5.97 Å². The number of hydroxylamine groups is 2. The molecule has 2 rings (SSSR count). The molecule has 0 aromatic heterocycles. The van der Waals surface area contributed by atoms with Crippen molar-refractivity contribution >= 4 is 27.9 Å². The van der Waals surface area contributed by atoms with E-state index in [4.69, 9.17) is 9.39 Å². The molecule has 0 aromatic rings. The normalized spacial score (nSPS) is 22.2. The fourth-order valence-electron chi connectivity index (χ4n) is 4.12. The highest BCUT2D eigenvalue weighted by Gasteiger charge is 2.48. The lowest BCUT2D eigenvalue weighted by Gasteiger charge is -2.15. The van der Waals surface area contributed by atoms with Gasteiger partial charge in [0.05, 0.1) is 6.42 Å². The van der Waals surface area contributed by atoms with E-state index in [2.05, 4.69) is 0 Å². The number of imide groups is 1.